The van der Waals surface area contributed by atoms with Gasteiger partial charge in [0, 0.05) is 24.8 Å². The number of benzene rings is 1. The molecule has 1 saturated heterocycles. The molecule has 1 atom stereocenters. The Hall–Kier alpha value is -1.02. The largest absolute Gasteiger partial charge is 0.385 e. The van der Waals surface area contributed by atoms with Crippen LogP contribution in [0, 0.1) is 12.8 Å². The van der Waals surface area contributed by atoms with Gasteiger partial charge in [-0.1, -0.05) is 17.7 Å². The van der Waals surface area contributed by atoms with Crippen LogP contribution in [0.4, 0.5) is 5.69 Å². The van der Waals surface area contributed by atoms with E-state index in [0.717, 1.165) is 19.8 Å². The molecule has 0 bridgehead atoms. The summed E-state index contributed by atoms with van der Waals surface area (Å²) in [6.07, 6.45) is 1.19. The second-order valence-electron chi connectivity index (χ2n) is 3.98. The van der Waals surface area contributed by atoms with Crippen molar-refractivity contribution in [1.82, 2.24) is 0 Å². The van der Waals surface area contributed by atoms with Gasteiger partial charge in [0.15, 0.2) is 0 Å². The Morgan fingerprint density at radius 2 is 2.14 bits per heavy atom. The topological polar surface area (TPSA) is 21.3 Å². The quantitative estimate of drug-likeness (QED) is 0.792. The van der Waals surface area contributed by atoms with Gasteiger partial charge in [0.1, 0.15) is 0 Å². The lowest BCUT2D eigenvalue weighted by atomic mass is 10.1. The van der Waals surface area contributed by atoms with Crippen molar-refractivity contribution >= 4 is 5.69 Å². The minimum atomic E-state index is 0.691. The maximum absolute atomic E-state index is 5.32. The van der Waals surface area contributed by atoms with Gasteiger partial charge in [0.05, 0.1) is 6.61 Å². The van der Waals surface area contributed by atoms with Crippen molar-refractivity contribution in [2.24, 2.45) is 5.92 Å². The van der Waals surface area contributed by atoms with E-state index in [4.69, 9.17) is 4.74 Å². The monoisotopic (exact) mass is 191 g/mol. The maximum Gasteiger partial charge on any atom is 0.0511 e. The molecule has 1 N–H and O–H groups in total. The zero-order chi connectivity index (χ0) is 9.80. The fourth-order valence-corrected chi connectivity index (χ4v) is 1.68. The third-order valence-electron chi connectivity index (χ3n) is 2.67. The van der Waals surface area contributed by atoms with Crippen LogP contribution in [-0.2, 0) is 4.74 Å². The van der Waals surface area contributed by atoms with Gasteiger partial charge in [0.2, 0.25) is 0 Å². The molecule has 76 valence electrons. The van der Waals surface area contributed by atoms with Crippen molar-refractivity contribution in [3.05, 3.63) is 29.8 Å². The van der Waals surface area contributed by atoms with Gasteiger partial charge in [-0.2, -0.15) is 0 Å². The first-order valence-electron chi connectivity index (χ1n) is 5.23. The lowest BCUT2D eigenvalue weighted by Gasteiger charge is -2.10. The predicted molar refractivity (Wildman–Crippen MR) is 58.6 cm³/mol. The number of hydrogen-bond donors (Lipinski definition) is 1. The van der Waals surface area contributed by atoms with Crippen molar-refractivity contribution in [1.29, 1.82) is 0 Å². The second-order valence-corrected chi connectivity index (χ2v) is 3.98. The van der Waals surface area contributed by atoms with Crippen LogP contribution >= 0.6 is 0 Å². The van der Waals surface area contributed by atoms with Gasteiger partial charge in [-0.05, 0) is 25.5 Å². The summed E-state index contributed by atoms with van der Waals surface area (Å²) < 4.78 is 5.32. The van der Waals surface area contributed by atoms with Crippen LogP contribution in [0.1, 0.15) is 12.0 Å². The highest BCUT2D eigenvalue weighted by Gasteiger charge is 2.14. The number of hydrogen-bond acceptors (Lipinski definition) is 2. The first-order valence-corrected chi connectivity index (χ1v) is 5.23. The van der Waals surface area contributed by atoms with Gasteiger partial charge < -0.3 is 10.1 Å². The Morgan fingerprint density at radius 3 is 2.79 bits per heavy atom. The average molecular weight is 191 g/mol. The first-order chi connectivity index (χ1) is 6.84. The lowest BCUT2D eigenvalue weighted by Crippen LogP contribution is -2.13. The highest BCUT2D eigenvalue weighted by Crippen LogP contribution is 2.14. The normalized spacial score (nSPS) is 21.1. The fraction of sp³-hybridized carbons (Fsp3) is 0.500. The molecule has 1 aromatic rings. The lowest BCUT2D eigenvalue weighted by molar-refractivity contribution is 0.187. The summed E-state index contributed by atoms with van der Waals surface area (Å²) in [5.41, 5.74) is 2.52. The Kier molecular flexibility index (Phi) is 3.04. The van der Waals surface area contributed by atoms with E-state index in [0.29, 0.717) is 5.92 Å². The second kappa shape index (κ2) is 4.47. The van der Waals surface area contributed by atoms with Gasteiger partial charge >= 0.3 is 0 Å². The zero-order valence-electron chi connectivity index (χ0n) is 8.62. The van der Waals surface area contributed by atoms with Gasteiger partial charge in [-0.25, -0.2) is 0 Å². The van der Waals surface area contributed by atoms with Crippen molar-refractivity contribution < 1.29 is 4.74 Å². The van der Waals surface area contributed by atoms with Crippen molar-refractivity contribution in [3.63, 3.8) is 0 Å². The van der Waals surface area contributed by atoms with E-state index in [1.165, 1.54) is 17.7 Å². The van der Waals surface area contributed by atoms with E-state index in [1.807, 2.05) is 0 Å². The molecule has 2 heteroatoms. The molecular weight excluding hydrogens is 174 g/mol. The summed E-state index contributed by atoms with van der Waals surface area (Å²) in [6.45, 7) is 4.98. The molecule has 0 unspecified atom stereocenters. The molecular formula is C12H17NO. The minimum absolute atomic E-state index is 0.691. The first kappa shape index (κ1) is 9.53. The van der Waals surface area contributed by atoms with Crippen molar-refractivity contribution in [2.75, 3.05) is 25.1 Å². The van der Waals surface area contributed by atoms with Crippen LogP contribution in [0.5, 0.6) is 0 Å². The third kappa shape index (κ3) is 2.48. The zero-order valence-corrected chi connectivity index (χ0v) is 8.62. The van der Waals surface area contributed by atoms with Crippen LogP contribution in [0.3, 0.4) is 0 Å². The smallest absolute Gasteiger partial charge is 0.0511 e. The predicted octanol–water partition coefficient (Wildman–Crippen LogP) is 2.44. The minimum Gasteiger partial charge on any atom is -0.385 e. The highest BCUT2D eigenvalue weighted by molar-refractivity contribution is 5.44. The molecule has 1 aromatic carbocycles. The van der Waals surface area contributed by atoms with Crippen molar-refractivity contribution in [2.45, 2.75) is 13.3 Å². The number of rotatable bonds is 3. The average Bonchev–Trinajstić information content (AvgIpc) is 2.70. The molecule has 2 rings (SSSR count). The van der Waals surface area contributed by atoms with Gasteiger partial charge in [-0.3, -0.25) is 0 Å². The summed E-state index contributed by atoms with van der Waals surface area (Å²) in [5, 5.41) is 3.43. The number of nitrogens with one attached hydrogen (secondary N) is 1. The third-order valence-corrected chi connectivity index (χ3v) is 2.67. The Bertz CT molecular complexity index is 275. The molecule has 0 spiro atoms. The molecule has 0 aromatic heterocycles. The highest BCUT2D eigenvalue weighted by atomic mass is 16.5. The molecule has 0 saturated carbocycles. The van der Waals surface area contributed by atoms with Crippen LogP contribution < -0.4 is 5.32 Å². The van der Waals surface area contributed by atoms with E-state index >= 15 is 0 Å². The fourth-order valence-electron chi connectivity index (χ4n) is 1.68. The van der Waals surface area contributed by atoms with E-state index in [9.17, 15) is 0 Å². The van der Waals surface area contributed by atoms with Gasteiger partial charge in [-0.15, -0.1) is 0 Å². The number of ether oxygens (including phenoxy) is 1. The standard InChI is InChI=1S/C12H17NO/c1-10-2-4-12(5-3-10)13-8-11-6-7-14-9-11/h2-5,11,13H,6-9H2,1H3/t11-/m0/s1. The Balaban J connectivity index is 1.82. The van der Waals surface area contributed by atoms with Crippen molar-refractivity contribution in [3.8, 4) is 0 Å². The summed E-state index contributed by atoms with van der Waals surface area (Å²) in [7, 11) is 0. The molecule has 0 radical (unpaired) electrons. The Morgan fingerprint density at radius 1 is 1.36 bits per heavy atom. The SMILES string of the molecule is Cc1ccc(NC[C@@H]2CCOC2)cc1. The summed E-state index contributed by atoms with van der Waals surface area (Å²) in [5.74, 6) is 0.691. The Labute approximate surface area is 85.3 Å². The number of aryl methyl sites for hydroxylation is 1. The molecule has 1 aliphatic heterocycles. The van der Waals surface area contributed by atoms with E-state index in [1.54, 1.807) is 0 Å². The molecule has 1 fully saturated rings. The maximum atomic E-state index is 5.32. The molecule has 2 nitrogen and oxygen atoms in total. The summed E-state index contributed by atoms with van der Waals surface area (Å²) >= 11 is 0. The molecule has 0 amide bonds. The summed E-state index contributed by atoms with van der Waals surface area (Å²) in [4.78, 5) is 0. The van der Waals surface area contributed by atoms with E-state index in [-0.39, 0.29) is 0 Å². The molecule has 0 aliphatic carbocycles. The number of anilines is 1. The van der Waals surface area contributed by atoms with Crippen LogP contribution in [-0.4, -0.2) is 19.8 Å². The molecule has 1 aliphatic rings. The van der Waals surface area contributed by atoms with Crippen LogP contribution in [0.15, 0.2) is 24.3 Å². The molecule has 1 heterocycles. The van der Waals surface area contributed by atoms with E-state index in [2.05, 4.69) is 36.5 Å². The van der Waals surface area contributed by atoms with Crippen LogP contribution in [0.25, 0.3) is 0 Å². The summed E-state index contributed by atoms with van der Waals surface area (Å²) in [6, 6.07) is 8.53. The molecule has 14 heavy (non-hydrogen) atoms. The van der Waals surface area contributed by atoms with Crippen LogP contribution in [0.2, 0.25) is 0 Å². The van der Waals surface area contributed by atoms with E-state index < -0.39 is 0 Å². The van der Waals surface area contributed by atoms with Gasteiger partial charge in [0.25, 0.3) is 0 Å².